The lowest BCUT2D eigenvalue weighted by Gasteiger charge is -2.18. The monoisotopic (exact) mass is 363 g/mol. The van der Waals surface area contributed by atoms with Crippen LogP contribution in [0.3, 0.4) is 0 Å². The van der Waals surface area contributed by atoms with Gasteiger partial charge >= 0.3 is 5.97 Å². The number of halogens is 2. The van der Waals surface area contributed by atoms with E-state index in [0.717, 1.165) is 0 Å². The van der Waals surface area contributed by atoms with E-state index in [1.54, 1.807) is 30.3 Å². The number of carbonyl (C=O) groups excluding carboxylic acids is 2. The zero-order valence-corrected chi connectivity index (χ0v) is 13.7. The van der Waals surface area contributed by atoms with Gasteiger partial charge in [-0.2, -0.15) is 0 Å². The van der Waals surface area contributed by atoms with Crippen molar-refractivity contribution < 1.29 is 19.1 Å². The Balaban J connectivity index is 1.70. The lowest BCUT2D eigenvalue weighted by atomic mass is 10.2. The molecule has 0 aliphatic carbocycles. The molecule has 122 valence electrons. The van der Waals surface area contributed by atoms with Crippen molar-refractivity contribution in [1.29, 1.82) is 0 Å². The summed E-state index contributed by atoms with van der Waals surface area (Å²) in [7, 11) is 0. The van der Waals surface area contributed by atoms with Gasteiger partial charge in [0.2, 0.25) is 0 Å². The minimum atomic E-state index is -0.580. The molecule has 0 atom stereocenters. The van der Waals surface area contributed by atoms with Crippen molar-refractivity contribution in [2.45, 2.75) is 0 Å². The summed E-state index contributed by atoms with van der Waals surface area (Å²) in [5.74, 6) is -0.0263. The summed E-state index contributed by atoms with van der Waals surface area (Å²) in [4.78, 5) is 23.2. The van der Waals surface area contributed by atoms with E-state index >= 15 is 0 Å². The van der Waals surface area contributed by atoms with Gasteiger partial charge in [0.1, 0.15) is 11.5 Å². The summed E-state index contributed by atoms with van der Waals surface area (Å²) >= 11 is 11.8. The van der Waals surface area contributed by atoms with E-state index < -0.39 is 5.97 Å². The topological polar surface area (TPSA) is 64.6 Å². The first-order chi connectivity index (χ1) is 11.5. The zero-order chi connectivity index (χ0) is 17.1. The molecule has 0 unspecified atom stereocenters. The highest BCUT2D eigenvalue weighted by molar-refractivity contribution is 6.35. The Bertz CT molecular complexity index is 848. The van der Waals surface area contributed by atoms with Gasteiger partial charge in [-0.25, -0.2) is 4.79 Å². The van der Waals surface area contributed by atoms with E-state index in [2.05, 4.69) is 5.32 Å². The molecule has 1 aliphatic heterocycles. The number of carbonyl (C=O) groups is 2. The lowest BCUT2D eigenvalue weighted by Crippen LogP contribution is -2.25. The lowest BCUT2D eigenvalue weighted by molar-refractivity contribution is -0.128. The van der Waals surface area contributed by atoms with E-state index in [9.17, 15) is 9.59 Å². The Morgan fingerprint density at radius 2 is 2.04 bits per heavy atom. The Labute approximate surface area is 147 Å². The fraction of sp³-hybridized carbons (Fsp3) is 0.0588. The number of amides is 1. The highest BCUT2D eigenvalue weighted by Crippen LogP contribution is 2.31. The van der Waals surface area contributed by atoms with Crippen LogP contribution in [0.2, 0.25) is 10.0 Å². The SMILES string of the molecule is O=C1COc2ccc(OC(=O)/C=C/c3ccc(Cl)cc3Cl)cc2N1. The van der Waals surface area contributed by atoms with Gasteiger partial charge in [-0.3, -0.25) is 4.79 Å². The molecule has 3 rings (SSSR count). The molecule has 7 heteroatoms. The van der Waals surface area contributed by atoms with Crippen LogP contribution in [0.5, 0.6) is 11.5 Å². The first-order valence-electron chi connectivity index (χ1n) is 6.93. The molecule has 24 heavy (non-hydrogen) atoms. The number of nitrogens with one attached hydrogen (secondary N) is 1. The Morgan fingerprint density at radius 1 is 1.21 bits per heavy atom. The van der Waals surface area contributed by atoms with E-state index in [1.807, 2.05) is 0 Å². The number of esters is 1. The molecule has 5 nitrogen and oxygen atoms in total. The summed E-state index contributed by atoms with van der Waals surface area (Å²) in [6, 6.07) is 9.67. The molecule has 0 spiro atoms. The van der Waals surface area contributed by atoms with Crippen molar-refractivity contribution in [2.24, 2.45) is 0 Å². The fourth-order valence-electron chi connectivity index (χ4n) is 2.07. The molecule has 1 heterocycles. The normalized spacial score (nSPS) is 13.2. The molecule has 1 amide bonds. The average Bonchev–Trinajstić information content (AvgIpc) is 2.53. The van der Waals surface area contributed by atoms with E-state index in [-0.39, 0.29) is 18.3 Å². The van der Waals surface area contributed by atoms with Crippen LogP contribution in [0, 0.1) is 0 Å². The van der Waals surface area contributed by atoms with Crippen LogP contribution in [-0.4, -0.2) is 18.5 Å². The molecule has 0 saturated heterocycles. The minimum Gasteiger partial charge on any atom is -0.482 e. The predicted octanol–water partition coefficient (Wildman–Crippen LogP) is 3.94. The van der Waals surface area contributed by atoms with Gasteiger partial charge in [0, 0.05) is 22.2 Å². The van der Waals surface area contributed by atoms with E-state index in [0.29, 0.717) is 27.0 Å². The van der Waals surface area contributed by atoms with Crippen molar-refractivity contribution in [1.82, 2.24) is 0 Å². The van der Waals surface area contributed by atoms with Crippen LogP contribution in [0.25, 0.3) is 6.08 Å². The van der Waals surface area contributed by atoms with Gasteiger partial charge in [-0.15, -0.1) is 0 Å². The number of hydrogen-bond acceptors (Lipinski definition) is 4. The van der Waals surface area contributed by atoms with Crippen LogP contribution in [-0.2, 0) is 9.59 Å². The maximum Gasteiger partial charge on any atom is 0.336 e. The second-order valence-corrected chi connectivity index (χ2v) is 5.76. The molecule has 0 radical (unpaired) electrons. The fourth-order valence-corrected chi connectivity index (χ4v) is 2.54. The van der Waals surface area contributed by atoms with Crippen LogP contribution in [0.1, 0.15) is 5.56 Å². The first kappa shape index (κ1) is 16.4. The third-order valence-electron chi connectivity index (χ3n) is 3.16. The third kappa shape index (κ3) is 3.88. The van der Waals surface area contributed by atoms with Crippen LogP contribution in [0.15, 0.2) is 42.5 Å². The number of rotatable bonds is 3. The number of benzene rings is 2. The maximum absolute atomic E-state index is 11.9. The summed E-state index contributed by atoms with van der Waals surface area (Å²) in [6.45, 7) is -0.0310. The smallest absolute Gasteiger partial charge is 0.336 e. The Kier molecular flexibility index (Phi) is 4.74. The van der Waals surface area contributed by atoms with Crippen molar-refractivity contribution in [2.75, 3.05) is 11.9 Å². The number of ether oxygens (including phenoxy) is 2. The summed E-state index contributed by atoms with van der Waals surface area (Å²) in [6.07, 6.45) is 2.79. The molecule has 0 fully saturated rings. The molecule has 1 aliphatic rings. The second-order valence-electron chi connectivity index (χ2n) is 4.92. The molecular formula is C17H11Cl2NO4. The third-order valence-corrected chi connectivity index (χ3v) is 3.73. The van der Waals surface area contributed by atoms with Crippen LogP contribution < -0.4 is 14.8 Å². The predicted molar refractivity (Wildman–Crippen MR) is 91.7 cm³/mol. The highest BCUT2D eigenvalue weighted by Gasteiger charge is 2.16. The molecule has 0 aromatic heterocycles. The molecular weight excluding hydrogens is 353 g/mol. The van der Waals surface area contributed by atoms with E-state index in [4.69, 9.17) is 32.7 Å². The molecule has 0 saturated carbocycles. The second kappa shape index (κ2) is 6.95. The zero-order valence-electron chi connectivity index (χ0n) is 12.2. The molecule has 2 aromatic rings. The van der Waals surface area contributed by atoms with Gasteiger partial charge < -0.3 is 14.8 Å². The maximum atomic E-state index is 11.9. The quantitative estimate of drug-likeness (QED) is 0.509. The standard InChI is InChI=1S/C17H11Cl2NO4/c18-11-3-1-10(13(19)7-11)2-6-17(22)24-12-4-5-15-14(8-12)20-16(21)9-23-15/h1-8H,9H2,(H,20,21)/b6-2+. The first-order valence-corrected chi connectivity index (χ1v) is 7.68. The van der Waals surface area contributed by atoms with Crippen LogP contribution >= 0.6 is 23.2 Å². The van der Waals surface area contributed by atoms with Gasteiger partial charge in [-0.1, -0.05) is 29.3 Å². The van der Waals surface area contributed by atoms with Gasteiger partial charge in [0.25, 0.3) is 5.91 Å². The van der Waals surface area contributed by atoms with Crippen molar-refractivity contribution in [3.05, 3.63) is 58.1 Å². The summed E-state index contributed by atoms with van der Waals surface area (Å²) in [5, 5.41) is 3.58. The Hall–Kier alpha value is -2.50. The van der Waals surface area contributed by atoms with Crippen molar-refractivity contribution in [3.8, 4) is 11.5 Å². The minimum absolute atomic E-state index is 0.0310. The van der Waals surface area contributed by atoms with Gasteiger partial charge in [0.05, 0.1) is 5.69 Å². The van der Waals surface area contributed by atoms with Gasteiger partial charge in [-0.05, 0) is 35.9 Å². The number of hydrogen-bond donors (Lipinski definition) is 1. The largest absolute Gasteiger partial charge is 0.482 e. The van der Waals surface area contributed by atoms with Crippen LogP contribution in [0.4, 0.5) is 5.69 Å². The average molecular weight is 364 g/mol. The number of fused-ring (bicyclic) bond motifs is 1. The molecule has 0 bridgehead atoms. The van der Waals surface area contributed by atoms with E-state index in [1.165, 1.54) is 18.2 Å². The van der Waals surface area contributed by atoms with Gasteiger partial charge in [0.15, 0.2) is 6.61 Å². The molecule has 1 N–H and O–H groups in total. The summed E-state index contributed by atoms with van der Waals surface area (Å²) < 4.78 is 10.4. The Morgan fingerprint density at radius 3 is 2.83 bits per heavy atom. The number of anilines is 1. The van der Waals surface area contributed by atoms with Crippen molar-refractivity contribution in [3.63, 3.8) is 0 Å². The molecule has 2 aromatic carbocycles. The highest BCUT2D eigenvalue weighted by atomic mass is 35.5. The summed E-state index contributed by atoms with van der Waals surface area (Å²) in [5.41, 5.74) is 1.10. The van der Waals surface area contributed by atoms with Crippen molar-refractivity contribution >= 4 is 46.8 Å².